The molecule has 0 spiro atoms. The van der Waals surface area contributed by atoms with Crippen molar-refractivity contribution in [3.8, 4) is 5.75 Å². The first-order valence-electron chi connectivity index (χ1n) is 12.7. The summed E-state index contributed by atoms with van der Waals surface area (Å²) in [6.45, 7) is 4.40. The van der Waals surface area contributed by atoms with Gasteiger partial charge in [0, 0.05) is 36.5 Å². The molecular formula is C27H35N3O2. The van der Waals surface area contributed by atoms with Crippen molar-refractivity contribution in [1.82, 2.24) is 14.7 Å². The van der Waals surface area contributed by atoms with Crippen LogP contribution in [0.2, 0.25) is 0 Å². The number of likely N-dealkylation sites (tertiary alicyclic amines) is 1. The molecular weight excluding hydrogens is 398 g/mol. The maximum Gasteiger partial charge on any atom is 0.119 e. The summed E-state index contributed by atoms with van der Waals surface area (Å²) in [4.78, 5) is 2.65. The van der Waals surface area contributed by atoms with Crippen LogP contribution >= 0.6 is 0 Å². The van der Waals surface area contributed by atoms with Gasteiger partial charge in [0.05, 0.1) is 24.4 Å². The Morgan fingerprint density at radius 2 is 2.03 bits per heavy atom. The molecule has 0 unspecified atom stereocenters. The average Bonchev–Trinajstić information content (AvgIpc) is 3.52. The van der Waals surface area contributed by atoms with E-state index in [4.69, 9.17) is 9.84 Å². The lowest BCUT2D eigenvalue weighted by atomic mass is 9.49. The topological polar surface area (TPSA) is 50.5 Å². The SMILES string of the molecule is COc1ccc2c(c1)[C@]13CCN(CC4CC4)[C@H](C2)[C@]1(O)Cc1c(C)nn(C2CCC2)c1C3. The maximum absolute atomic E-state index is 12.7. The van der Waals surface area contributed by atoms with Gasteiger partial charge in [0.15, 0.2) is 0 Å². The van der Waals surface area contributed by atoms with Crippen molar-refractivity contribution in [1.29, 1.82) is 0 Å². The van der Waals surface area contributed by atoms with Crippen molar-refractivity contribution >= 4 is 0 Å². The van der Waals surface area contributed by atoms with Gasteiger partial charge in [-0.25, -0.2) is 0 Å². The monoisotopic (exact) mass is 433 g/mol. The number of fused-ring (bicyclic) bond motifs is 2. The molecule has 2 heterocycles. The van der Waals surface area contributed by atoms with Crippen LogP contribution in [-0.4, -0.2) is 51.6 Å². The van der Waals surface area contributed by atoms with Gasteiger partial charge in [-0.05, 0) is 93.2 Å². The van der Waals surface area contributed by atoms with Crippen LogP contribution in [-0.2, 0) is 24.7 Å². The second-order valence-electron chi connectivity index (χ2n) is 11.3. The van der Waals surface area contributed by atoms with E-state index >= 15 is 0 Å². The fourth-order valence-electron chi connectivity index (χ4n) is 7.52. The van der Waals surface area contributed by atoms with Crippen molar-refractivity contribution < 1.29 is 9.84 Å². The predicted molar refractivity (Wildman–Crippen MR) is 123 cm³/mol. The van der Waals surface area contributed by atoms with E-state index in [9.17, 15) is 5.11 Å². The number of piperidine rings is 1. The summed E-state index contributed by atoms with van der Waals surface area (Å²) in [5, 5.41) is 17.8. The van der Waals surface area contributed by atoms with Gasteiger partial charge >= 0.3 is 0 Å². The lowest BCUT2D eigenvalue weighted by Crippen LogP contribution is -2.74. The summed E-state index contributed by atoms with van der Waals surface area (Å²) in [7, 11) is 1.75. The van der Waals surface area contributed by atoms with Crippen molar-refractivity contribution in [2.24, 2.45) is 5.92 Å². The summed E-state index contributed by atoms with van der Waals surface area (Å²) in [5.41, 5.74) is 5.63. The first-order chi connectivity index (χ1) is 15.5. The van der Waals surface area contributed by atoms with Crippen LogP contribution in [0.1, 0.15) is 72.6 Å². The van der Waals surface area contributed by atoms with Gasteiger partial charge in [0.25, 0.3) is 0 Å². The second-order valence-corrected chi connectivity index (χ2v) is 11.3. The zero-order valence-electron chi connectivity index (χ0n) is 19.4. The Morgan fingerprint density at radius 1 is 1.19 bits per heavy atom. The molecule has 4 aliphatic carbocycles. The normalized spacial score (nSPS) is 33.8. The Kier molecular flexibility index (Phi) is 4.04. The Hall–Kier alpha value is -1.85. The average molecular weight is 434 g/mol. The van der Waals surface area contributed by atoms with Gasteiger partial charge in [-0.1, -0.05) is 6.07 Å². The molecule has 32 heavy (non-hydrogen) atoms. The summed E-state index contributed by atoms with van der Waals surface area (Å²) in [6.07, 6.45) is 10.1. The molecule has 0 amide bonds. The predicted octanol–water partition coefficient (Wildman–Crippen LogP) is 3.73. The Labute approximate surface area is 190 Å². The quantitative estimate of drug-likeness (QED) is 0.798. The summed E-state index contributed by atoms with van der Waals surface area (Å²) in [5.74, 6) is 1.75. The fourth-order valence-corrected chi connectivity index (χ4v) is 7.52. The Balaban J connectivity index is 1.41. The van der Waals surface area contributed by atoms with Crippen molar-refractivity contribution in [2.75, 3.05) is 20.2 Å². The van der Waals surface area contributed by atoms with Crippen molar-refractivity contribution in [3.05, 3.63) is 46.3 Å². The van der Waals surface area contributed by atoms with E-state index in [0.717, 1.165) is 56.1 Å². The molecule has 170 valence electrons. The second kappa shape index (κ2) is 6.60. The number of hydrogen-bond acceptors (Lipinski definition) is 4. The molecule has 5 aliphatic rings. The summed E-state index contributed by atoms with van der Waals surface area (Å²) < 4.78 is 8.03. The standard InChI is InChI=1S/C27H35N3O2/c1-17-22-14-27(31)25-12-19-8-9-21(32-2)13-23(19)26(27,10-11-29(25)16-18-6-7-18)15-24(22)30(28-17)20-4-3-5-20/h8-9,13,18,20,25,31H,3-7,10-12,14-16H2,1-2H3/t25-,26-,27-/m1/s1. The van der Waals surface area contributed by atoms with Crippen LogP contribution in [0.5, 0.6) is 5.75 Å². The molecule has 3 fully saturated rings. The maximum atomic E-state index is 12.7. The number of nitrogens with zero attached hydrogens (tertiary/aromatic N) is 3. The fraction of sp³-hybridized carbons (Fsp3) is 0.667. The van der Waals surface area contributed by atoms with Gasteiger partial charge in [-0.3, -0.25) is 9.58 Å². The molecule has 7 rings (SSSR count). The van der Waals surface area contributed by atoms with Crippen molar-refractivity contribution in [2.45, 2.75) is 87.8 Å². The van der Waals surface area contributed by atoms with E-state index in [2.05, 4.69) is 34.7 Å². The molecule has 5 nitrogen and oxygen atoms in total. The van der Waals surface area contributed by atoms with E-state index < -0.39 is 5.60 Å². The van der Waals surface area contributed by atoms with Crippen LogP contribution in [0, 0.1) is 12.8 Å². The minimum Gasteiger partial charge on any atom is -0.497 e. The van der Waals surface area contributed by atoms with E-state index in [0.29, 0.717) is 6.04 Å². The molecule has 1 aromatic heterocycles. The van der Waals surface area contributed by atoms with Crippen LogP contribution in [0.15, 0.2) is 18.2 Å². The molecule has 1 saturated heterocycles. The van der Waals surface area contributed by atoms with Gasteiger partial charge < -0.3 is 9.84 Å². The third-order valence-electron chi connectivity index (χ3n) is 9.74. The van der Waals surface area contributed by atoms with E-state index in [1.54, 1.807) is 7.11 Å². The number of hydrogen-bond donors (Lipinski definition) is 1. The highest BCUT2D eigenvalue weighted by Crippen LogP contribution is 2.58. The number of aliphatic hydroxyl groups is 1. The van der Waals surface area contributed by atoms with Crippen molar-refractivity contribution in [3.63, 3.8) is 0 Å². The number of rotatable bonds is 4. The largest absolute Gasteiger partial charge is 0.497 e. The van der Waals surface area contributed by atoms with Gasteiger partial charge in [0.2, 0.25) is 0 Å². The highest BCUT2D eigenvalue weighted by Gasteiger charge is 2.65. The van der Waals surface area contributed by atoms with Gasteiger partial charge in [0.1, 0.15) is 5.75 Å². The Bertz CT molecular complexity index is 1080. The molecule has 2 bridgehead atoms. The minimum atomic E-state index is -0.745. The lowest BCUT2D eigenvalue weighted by molar-refractivity contribution is -0.152. The summed E-state index contributed by atoms with van der Waals surface area (Å²) >= 11 is 0. The van der Waals surface area contributed by atoms with E-state index in [1.165, 1.54) is 54.5 Å². The third-order valence-corrected chi connectivity index (χ3v) is 9.74. The van der Waals surface area contributed by atoms with E-state index in [-0.39, 0.29) is 11.5 Å². The molecule has 1 aliphatic heterocycles. The third kappa shape index (κ3) is 2.50. The lowest BCUT2D eigenvalue weighted by Gasteiger charge is -2.63. The number of aryl methyl sites for hydroxylation is 1. The smallest absolute Gasteiger partial charge is 0.119 e. The zero-order valence-corrected chi connectivity index (χ0v) is 19.4. The van der Waals surface area contributed by atoms with Crippen LogP contribution in [0.3, 0.4) is 0 Å². The first kappa shape index (κ1) is 19.6. The first-order valence-corrected chi connectivity index (χ1v) is 12.7. The molecule has 5 heteroatoms. The molecule has 2 aromatic rings. The molecule has 2 saturated carbocycles. The number of benzene rings is 1. The molecule has 3 atom stereocenters. The summed E-state index contributed by atoms with van der Waals surface area (Å²) in [6, 6.07) is 7.37. The number of methoxy groups -OCH3 is 1. The van der Waals surface area contributed by atoms with Crippen LogP contribution in [0.4, 0.5) is 0 Å². The Morgan fingerprint density at radius 3 is 2.75 bits per heavy atom. The molecule has 0 radical (unpaired) electrons. The number of ether oxygens (including phenoxy) is 1. The molecule has 1 aromatic carbocycles. The van der Waals surface area contributed by atoms with Crippen LogP contribution in [0.25, 0.3) is 0 Å². The highest BCUT2D eigenvalue weighted by molar-refractivity contribution is 5.52. The zero-order chi connectivity index (χ0) is 21.7. The highest BCUT2D eigenvalue weighted by atomic mass is 16.5. The molecule has 1 N–H and O–H groups in total. The van der Waals surface area contributed by atoms with Crippen LogP contribution < -0.4 is 4.74 Å². The van der Waals surface area contributed by atoms with E-state index in [1.807, 2.05) is 0 Å². The number of aromatic nitrogens is 2. The van der Waals surface area contributed by atoms with Gasteiger partial charge in [-0.15, -0.1) is 0 Å². The minimum absolute atomic E-state index is 0.192. The van der Waals surface area contributed by atoms with Gasteiger partial charge in [-0.2, -0.15) is 5.10 Å².